The maximum absolute atomic E-state index is 12.3. The Morgan fingerprint density at radius 3 is 2.41 bits per heavy atom. The van der Waals surface area contributed by atoms with E-state index in [0.29, 0.717) is 6.54 Å². The van der Waals surface area contributed by atoms with Crippen LogP contribution in [0, 0.1) is 23.7 Å². The van der Waals surface area contributed by atoms with Crippen molar-refractivity contribution in [1.82, 2.24) is 4.90 Å². The molecule has 2 unspecified atom stereocenters. The number of carbonyl (C=O) groups is 2. The van der Waals surface area contributed by atoms with Crippen molar-refractivity contribution in [3.05, 3.63) is 12.2 Å². The molecule has 0 heterocycles. The molecule has 0 aromatic carbocycles. The zero-order valence-electron chi connectivity index (χ0n) is 10.3. The van der Waals surface area contributed by atoms with Gasteiger partial charge in [0.15, 0.2) is 0 Å². The highest BCUT2D eigenvalue weighted by Crippen LogP contribution is 2.48. The van der Waals surface area contributed by atoms with Crippen LogP contribution in [0.4, 0.5) is 0 Å². The molecule has 0 aromatic heterocycles. The molecule has 17 heavy (non-hydrogen) atoms. The SMILES string of the molecule is CCCN(C)C(=O)[C@H]1C2C=CC(C2)[C@H]1C(=O)O. The lowest BCUT2D eigenvalue weighted by Gasteiger charge is -2.28. The summed E-state index contributed by atoms with van der Waals surface area (Å²) in [6.07, 6.45) is 5.71. The molecule has 4 atom stereocenters. The number of carbonyl (C=O) groups excluding carboxylic acids is 1. The number of nitrogens with zero attached hydrogens (tertiary/aromatic N) is 1. The van der Waals surface area contributed by atoms with Crippen LogP contribution in [0.15, 0.2) is 12.2 Å². The summed E-state index contributed by atoms with van der Waals surface area (Å²) in [6.45, 7) is 2.71. The summed E-state index contributed by atoms with van der Waals surface area (Å²) in [7, 11) is 1.76. The van der Waals surface area contributed by atoms with Crippen molar-refractivity contribution in [3.63, 3.8) is 0 Å². The number of aliphatic carboxylic acids is 1. The molecule has 2 rings (SSSR count). The Kier molecular flexibility index (Phi) is 3.22. The summed E-state index contributed by atoms with van der Waals surface area (Å²) in [5, 5.41) is 9.26. The van der Waals surface area contributed by atoms with E-state index in [1.54, 1.807) is 11.9 Å². The van der Waals surface area contributed by atoms with Crippen LogP contribution >= 0.6 is 0 Å². The van der Waals surface area contributed by atoms with Gasteiger partial charge in [-0.2, -0.15) is 0 Å². The fourth-order valence-electron chi connectivity index (χ4n) is 3.20. The highest BCUT2D eigenvalue weighted by Gasteiger charge is 2.52. The first kappa shape index (κ1) is 12.1. The second kappa shape index (κ2) is 4.51. The summed E-state index contributed by atoms with van der Waals surface area (Å²) in [5.74, 6) is -1.51. The van der Waals surface area contributed by atoms with E-state index in [9.17, 15) is 14.7 Å². The predicted molar refractivity (Wildman–Crippen MR) is 63.3 cm³/mol. The zero-order valence-corrected chi connectivity index (χ0v) is 10.3. The molecule has 4 heteroatoms. The van der Waals surface area contributed by atoms with Gasteiger partial charge in [0.2, 0.25) is 5.91 Å². The van der Waals surface area contributed by atoms with Crippen LogP contribution < -0.4 is 0 Å². The molecule has 0 saturated heterocycles. The van der Waals surface area contributed by atoms with Gasteiger partial charge in [-0.3, -0.25) is 9.59 Å². The molecule has 4 nitrogen and oxygen atoms in total. The Hall–Kier alpha value is -1.32. The quantitative estimate of drug-likeness (QED) is 0.751. The second-order valence-electron chi connectivity index (χ2n) is 5.10. The van der Waals surface area contributed by atoms with Gasteiger partial charge in [-0.1, -0.05) is 19.1 Å². The van der Waals surface area contributed by atoms with Crippen molar-refractivity contribution in [1.29, 1.82) is 0 Å². The number of carboxylic acid groups (broad SMARTS) is 1. The third kappa shape index (κ3) is 1.96. The lowest BCUT2D eigenvalue weighted by Crippen LogP contribution is -2.41. The fraction of sp³-hybridized carbons (Fsp3) is 0.692. The highest BCUT2D eigenvalue weighted by atomic mass is 16.4. The summed E-state index contributed by atoms with van der Waals surface area (Å²) < 4.78 is 0. The molecule has 0 radical (unpaired) electrons. The average Bonchev–Trinajstić information content (AvgIpc) is 2.87. The summed E-state index contributed by atoms with van der Waals surface area (Å²) in [6, 6.07) is 0. The monoisotopic (exact) mass is 237 g/mol. The van der Waals surface area contributed by atoms with Crippen molar-refractivity contribution in [3.8, 4) is 0 Å². The van der Waals surface area contributed by atoms with Crippen molar-refractivity contribution < 1.29 is 14.7 Å². The Morgan fingerprint density at radius 2 is 1.88 bits per heavy atom. The lowest BCUT2D eigenvalue weighted by molar-refractivity contribution is -0.150. The molecular weight excluding hydrogens is 218 g/mol. The van der Waals surface area contributed by atoms with E-state index in [2.05, 4.69) is 0 Å². The van der Waals surface area contributed by atoms with Crippen LogP contribution in [0.25, 0.3) is 0 Å². The van der Waals surface area contributed by atoms with Crippen molar-refractivity contribution >= 4 is 11.9 Å². The summed E-state index contributed by atoms with van der Waals surface area (Å²) >= 11 is 0. The molecule has 0 aliphatic heterocycles. The number of amides is 1. The van der Waals surface area contributed by atoms with Gasteiger partial charge in [-0.25, -0.2) is 0 Å². The lowest BCUT2D eigenvalue weighted by atomic mass is 9.82. The average molecular weight is 237 g/mol. The van der Waals surface area contributed by atoms with Crippen LogP contribution in [0.1, 0.15) is 19.8 Å². The normalized spacial score (nSPS) is 34.0. The number of hydrogen-bond donors (Lipinski definition) is 1. The molecule has 94 valence electrons. The molecule has 1 fully saturated rings. The van der Waals surface area contributed by atoms with Crippen LogP contribution in [0.3, 0.4) is 0 Å². The molecule has 2 aliphatic rings. The van der Waals surface area contributed by atoms with E-state index >= 15 is 0 Å². The van der Waals surface area contributed by atoms with E-state index in [1.165, 1.54) is 0 Å². The molecule has 0 spiro atoms. The minimum atomic E-state index is -0.829. The van der Waals surface area contributed by atoms with Crippen molar-refractivity contribution in [2.75, 3.05) is 13.6 Å². The molecule has 0 aromatic rings. The third-order valence-corrected chi connectivity index (χ3v) is 3.96. The predicted octanol–water partition coefficient (Wildman–Crippen LogP) is 1.38. The summed E-state index contributed by atoms with van der Waals surface area (Å²) in [5.41, 5.74) is 0. The number of fused-ring (bicyclic) bond motifs is 2. The minimum Gasteiger partial charge on any atom is -0.481 e. The Labute approximate surface area is 101 Å². The topological polar surface area (TPSA) is 57.6 Å². The first-order valence-corrected chi connectivity index (χ1v) is 6.22. The molecule has 1 N–H and O–H groups in total. The third-order valence-electron chi connectivity index (χ3n) is 3.96. The van der Waals surface area contributed by atoms with Crippen molar-refractivity contribution in [2.24, 2.45) is 23.7 Å². The maximum atomic E-state index is 12.3. The minimum absolute atomic E-state index is 0.00361. The van der Waals surface area contributed by atoms with E-state index in [4.69, 9.17) is 0 Å². The zero-order chi connectivity index (χ0) is 12.6. The molecule has 1 amide bonds. The van der Waals surface area contributed by atoms with E-state index in [1.807, 2.05) is 19.1 Å². The summed E-state index contributed by atoms with van der Waals surface area (Å²) in [4.78, 5) is 25.2. The van der Waals surface area contributed by atoms with E-state index in [-0.39, 0.29) is 23.7 Å². The molecular formula is C13H19NO3. The van der Waals surface area contributed by atoms with Crippen LogP contribution in [-0.4, -0.2) is 35.5 Å². The largest absolute Gasteiger partial charge is 0.481 e. The van der Waals surface area contributed by atoms with Crippen LogP contribution in [0.5, 0.6) is 0 Å². The number of allylic oxidation sites excluding steroid dienone is 2. The van der Waals surface area contributed by atoms with Gasteiger partial charge in [-0.05, 0) is 24.7 Å². The Bertz CT molecular complexity index is 364. The second-order valence-corrected chi connectivity index (χ2v) is 5.10. The van der Waals surface area contributed by atoms with Crippen LogP contribution in [0.2, 0.25) is 0 Å². The van der Waals surface area contributed by atoms with Crippen LogP contribution in [-0.2, 0) is 9.59 Å². The fourth-order valence-corrected chi connectivity index (χ4v) is 3.20. The first-order valence-electron chi connectivity index (χ1n) is 6.22. The van der Waals surface area contributed by atoms with E-state index in [0.717, 1.165) is 12.8 Å². The van der Waals surface area contributed by atoms with Gasteiger partial charge >= 0.3 is 5.97 Å². The maximum Gasteiger partial charge on any atom is 0.307 e. The van der Waals surface area contributed by atoms with Gasteiger partial charge in [0.05, 0.1) is 11.8 Å². The number of rotatable bonds is 4. The molecule has 2 bridgehead atoms. The highest BCUT2D eigenvalue weighted by molar-refractivity contribution is 5.86. The van der Waals surface area contributed by atoms with E-state index < -0.39 is 11.9 Å². The Morgan fingerprint density at radius 1 is 1.29 bits per heavy atom. The smallest absolute Gasteiger partial charge is 0.307 e. The number of carboxylic acids is 1. The van der Waals surface area contributed by atoms with Gasteiger partial charge in [0.1, 0.15) is 0 Å². The molecule has 2 aliphatic carbocycles. The molecule has 1 saturated carbocycles. The number of hydrogen-bond acceptors (Lipinski definition) is 2. The first-order chi connectivity index (χ1) is 8.06. The van der Waals surface area contributed by atoms with Crippen molar-refractivity contribution in [2.45, 2.75) is 19.8 Å². The van der Waals surface area contributed by atoms with Gasteiger partial charge in [0.25, 0.3) is 0 Å². The Balaban J connectivity index is 2.16. The van der Waals surface area contributed by atoms with Gasteiger partial charge < -0.3 is 10.0 Å². The standard InChI is InChI=1S/C13H19NO3/c1-3-6-14(2)12(15)10-8-4-5-9(7-8)11(10)13(16)17/h4-5,8-11H,3,6-7H2,1-2H3,(H,16,17)/t8?,9?,10-,11+/m0/s1. The van der Waals surface area contributed by atoms with Gasteiger partial charge in [-0.15, -0.1) is 0 Å². The van der Waals surface area contributed by atoms with Gasteiger partial charge in [0, 0.05) is 13.6 Å².